The number of rotatable bonds is 14. The van der Waals surface area contributed by atoms with Crippen molar-refractivity contribution in [1.82, 2.24) is 0 Å². The first-order chi connectivity index (χ1) is 41.8. The summed E-state index contributed by atoms with van der Waals surface area (Å²) in [5.74, 6) is 0. The number of fused-ring (bicyclic) bond motifs is 2. The molecule has 85 heavy (non-hydrogen) atoms. The number of hydrogen-bond acceptors (Lipinski definition) is 12. The molecular formula is C73H45N11S. The van der Waals surface area contributed by atoms with E-state index in [9.17, 15) is 42.1 Å². The van der Waals surface area contributed by atoms with Gasteiger partial charge in [-0.2, -0.15) is 42.1 Å². The molecule has 0 radical (unpaired) electrons. The molecule has 0 aliphatic carbocycles. The molecule has 0 spiro atoms. The Bertz CT molecular complexity index is 4480. The molecule has 0 saturated heterocycles. The molecule has 9 aromatic carbocycles. The van der Waals surface area contributed by atoms with E-state index in [1.54, 1.807) is 42.5 Å². The summed E-state index contributed by atoms with van der Waals surface area (Å²) < 4.78 is 0. The molecule has 1 aliphatic rings. The van der Waals surface area contributed by atoms with E-state index in [-0.39, 0.29) is 33.4 Å². The maximum Gasteiger partial charge on any atom is 0.138 e. The molecule has 0 aromatic heterocycles. The van der Waals surface area contributed by atoms with E-state index in [1.807, 2.05) is 200 Å². The van der Waals surface area contributed by atoms with Crippen LogP contribution in [0.1, 0.15) is 35.6 Å². The molecule has 10 rings (SSSR count). The summed E-state index contributed by atoms with van der Waals surface area (Å²) in [5, 5.41) is 85.0. The highest BCUT2D eigenvalue weighted by Gasteiger charge is 2.29. The van der Waals surface area contributed by atoms with Gasteiger partial charge in [-0.15, -0.1) is 0 Å². The van der Waals surface area contributed by atoms with E-state index in [0.717, 1.165) is 61.7 Å². The van der Waals surface area contributed by atoms with E-state index >= 15 is 0 Å². The lowest BCUT2D eigenvalue weighted by molar-refractivity contribution is 0.866. The van der Waals surface area contributed by atoms with Gasteiger partial charge in [0.15, 0.2) is 0 Å². The van der Waals surface area contributed by atoms with E-state index in [1.165, 1.54) is 11.8 Å². The van der Waals surface area contributed by atoms with Gasteiger partial charge in [-0.25, -0.2) is 0 Å². The first kappa shape index (κ1) is 55.9. The second-order valence-corrected chi connectivity index (χ2v) is 20.3. The fraction of sp³-hybridized carbons (Fsp3) is 0.0411. The number of nitriles is 8. The predicted molar refractivity (Wildman–Crippen MR) is 334 cm³/mol. The van der Waals surface area contributed by atoms with Gasteiger partial charge in [0.2, 0.25) is 0 Å². The van der Waals surface area contributed by atoms with Gasteiger partial charge in [0.1, 0.15) is 70.8 Å². The summed E-state index contributed by atoms with van der Waals surface area (Å²) in [5.41, 5.74) is 9.42. The van der Waals surface area contributed by atoms with Gasteiger partial charge in [0, 0.05) is 72.4 Å². The third-order valence-electron chi connectivity index (χ3n) is 14.2. The monoisotopic (exact) mass is 1110 g/mol. The number of nitrogens with zero attached hydrogens (tertiary/aromatic N) is 11. The molecule has 0 fully saturated rings. The van der Waals surface area contributed by atoms with Gasteiger partial charge < -0.3 is 14.7 Å². The van der Waals surface area contributed by atoms with Crippen molar-refractivity contribution in [1.29, 1.82) is 42.1 Å². The predicted octanol–water partition coefficient (Wildman–Crippen LogP) is 15.8. The standard InChI is InChI=1S/C73H45N11S/c1-2-39-82-66-37-31-54(72(58(46-78)47-79)70(51-25-23-50(24-26-51)56(42-74)43-75)52-27-33-64(34-28-52)83(60-15-7-3-8-16-60)61-17-9-4-10-18-61)40-68(66)85-69-41-55(32-38-67(69)82)73(59(48-80)49-81)71(57(44-76)45-77)53-29-35-65(36-30-53)84(62-19-11-5-12-20-62)63-21-13-6-14-22-63/h3-38,40-41H,2,39H2,1H3. The van der Waals surface area contributed by atoms with Crippen LogP contribution >= 0.6 is 11.8 Å². The Morgan fingerprint density at radius 2 is 0.682 bits per heavy atom. The van der Waals surface area contributed by atoms with Gasteiger partial charge in [0.25, 0.3) is 0 Å². The topological polar surface area (TPSA) is 200 Å². The minimum Gasteiger partial charge on any atom is -0.340 e. The highest BCUT2D eigenvalue weighted by molar-refractivity contribution is 7.99. The van der Waals surface area contributed by atoms with Gasteiger partial charge in [-0.1, -0.05) is 152 Å². The van der Waals surface area contributed by atoms with Crippen molar-refractivity contribution in [3.05, 3.63) is 280 Å². The van der Waals surface area contributed by atoms with Crippen molar-refractivity contribution in [2.45, 2.75) is 23.1 Å². The van der Waals surface area contributed by atoms with Gasteiger partial charge >= 0.3 is 0 Å². The maximum atomic E-state index is 10.9. The summed E-state index contributed by atoms with van der Waals surface area (Å²) in [6, 6.07) is 89.7. The first-order valence-electron chi connectivity index (χ1n) is 26.8. The number of anilines is 8. The molecule has 0 N–H and O–H groups in total. The van der Waals surface area contributed by atoms with E-state index in [2.05, 4.69) is 58.0 Å². The summed E-state index contributed by atoms with van der Waals surface area (Å²) in [7, 11) is 0. The van der Waals surface area contributed by atoms with Gasteiger partial charge in [0.05, 0.1) is 11.4 Å². The van der Waals surface area contributed by atoms with Crippen LogP contribution in [0.4, 0.5) is 45.5 Å². The third-order valence-corrected chi connectivity index (χ3v) is 15.3. The average Bonchev–Trinajstić information content (AvgIpc) is 2.21. The summed E-state index contributed by atoms with van der Waals surface area (Å²) in [6.45, 7) is 2.66. The molecular weight excluding hydrogens is 1060 g/mol. The lowest BCUT2D eigenvalue weighted by Crippen LogP contribution is -2.21. The fourth-order valence-corrected chi connectivity index (χ4v) is 11.7. The molecule has 11 nitrogen and oxygen atoms in total. The SMILES string of the molecule is CCCN1c2ccc(C(=C(C#N)C#N)C(=C(C#N)C#N)c3ccc(N(c4ccccc4)c4ccccc4)cc3)cc2Sc2cc(C(=C(C#N)C#N)C(c3ccc(N(c4ccccc4)c4ccccc4)cc3)=c3ccc(=C(C#N)C#N)cc3)ccc21. The van der Waals surface area contributed by atoms with Crippen LogP contribution in [-0.4, -0.2) is 6.54 Å². The average molecular weight is 1110 g/mol. The number of hydrogen-bond donors (Lipinski definition) is 0. The first-order valence-corrected chi connectivity index (χ1v) is 27.7. The van der Waals surface area contributed by atoms with E-state index in [4.69, 9.17) is 0 Å². The molecule has 0 saturated carbocycles. The molecule has 0 atom stereocenters. The van der Waals surface area contributed by atoms with Gasteiger partial charge in [-0.3, -0.25) is 0 Å². The zero-order chi connectivity index (χ0) is 59.2. The van der Waals surface area contributed by atoms with Crippen LogP contribution < -0.4 is 25.1 Å². The summed E-state index contributed by atoms with van der Waals surface area (Å²) >= 11 is 1.42. The zero-order valence-corrected chi connectivity index (χ0v) is 46.5. The summed E-state index contributed by atoms with van der Waals surface area (Å²) in [4.78, 5) is 7.88. The van der Waals surface area contributed by atoms with E-state index in [0.29, 0.717) is 50.4 Å². The van der Waals surface area contributed by atoms with Crippen LogP contribution in [0.2, 0.25) is 0 Å². The second-order valence-electron chi connectivity index (χ2n) is 19.2. The quantitative estimate of drug-likeness (QED) is 0.0738. The van der Waals surface area contributed by atoms with Crippen molar-refractivity contribution >= 4 is 85.1 Å². The Morgan fingerprint density at radius 3 is 1.06 bits per heavy atom. The normalized spacial score (nSPS) is 10.6. The van der Waals surface area contributed by atoms with E-state index < -0.39 is 0 Å². The van der Waals surface area contributed by atoms with Crippen molar-refractivity contribution in [3.63, 3.8) is 0 Å². The maximum absolute atomic E-state index is 10.9. The van der Waals surface area contributed by atoms with Crippen LogP contribution in [0.3, 0.4) is 0 Å². The van der Waals surface area contributed by atoms with Crippen molar-refractivity contribution in [2.24, 2.45) is 0 Å². The Morgan fingerprint density at radius 1 is 0.353 bits per heavy atom. The lowest BCUT2D eigenvalue weighted by atomic mass is 9.86. The molecule has 398 valence electrons. The Labute approximate surface area is 497 Å². The van der Waals surface area contributed by atoms with Crippen molar-refractivity contribution < 1.29 is 0 Å². The van der Waals surface area contributed by atoms with Crippen molar-refractivity contribution in [2.75, 3.05) is 21.2 Å². The molecule has 0 bridgehead atoms. The largest absolute Gasteiger partial charge is 0.340 e. The number of allylic oxidation sites excluding steroid dienone is 6. The Kier molecular flexibility index (Phi) is 17.0. The van der Waals surface area contributed by atoms with Crippen LogP contribution in [0.5, 0.6) is 0 Å². The molecule has 12 heteroatoms. The van der Waals surface area contributed by atoms with Crippen LogP contribution in [-0.2, 0) is 0 Å². The molecule has 1 heterocycles. The van der Waals surface area contributed by atoms with Crippen LogP contribution in [0.25, 0.3) is 27.9 Å². The second kappa shape index (κ2) is 25.8. The smallest absolute Gasteiger partial charge is 0.138 e. The number of benzene rings is 9. The van der Waals surface area contributed by atoms with Gasteiger partial charge in [-0.05, 0) is 137 Å². The third kappa shape index (κ3) is 11.4. The minimum atomic E-state index is -0.298. The minimum absolute atomic E-state index is 0.0673. The van der Waals surface area contributed by atoms with Crippen LogP contribution in [0.15, 0.2) is 257 Å². The van der Waals surface area contributed by atoms with Crippen molar-refractivity contribution in [3.8, 4) is 48.6 Å². The summed E-state index contributed by atoms with van der Waals surface area (Å²) in [6.07, 6.45) is 0.749. The number of para-hydroxylation sites is 4. The Hall–Kier alpha value is -12.4. The Balaban J connectivity index is 1.11. The fourth-order valence-electron chi connectivity index (χ4n) is 10.5. The molecule has 1 aliphatic heterocycles. The molecule has 0 amide bonds. The molecule has 0 unspecified atom stereocenters. The lowest BCUT2D eigenvalue weighted by Gasteiger charge is -2.33. The van der Waals surface area contributed by atoms with Crippen LogP contribution in [0, 0.1) is 90.6 Å². The molecule has 9 aromatic rings. The highest BCUT2D eigenvalue weighted by Crippen LogP contribution is 2.52. The zero-order valence-electron chi connectivity index (χ0n) is 45.7. The highest BCUT2D eigenvalue weighted by atomic mass is 32.2.